The number of carbonyl (C=O) groups excluding carboxylic acids is 1. The van der Waals surface area contributed by atoms with E-state index >= 15 is 0 Å². The van der Waals surface area contributed by atoms with Crippen LogP contribution in [0.4, 0.5) is 5.69 Å². The van der Waals surface area contributed by atoms with Crippen molar-refractivity contribution in [3.8, 4) is 11.1 Å². The van der Waals surface area contributed by atoms with Crippen LogP contribution in [0.15, 0.2) is 54.6 Å². The van der Waals surface area contributed by atoms with Crippen LogP contribution in [0.2, 0.25) is 0 Å². The number of non-ortho nitro benzene ring substituents is 1. The lowest BCUT2D eigenvalue weighted by Gasteiger charge is -2.09. The Labute approximate surface area is 131 Å². The zero-order valence-corrected chi connectivity index (χ0v) is 12.2. The molecule has 0 N–H and O–H groups in total. The number of nitrogens with zero attached hydrogens (tertiary/aromatic N) is 2. The van der Waals surface area contributed by atoms with Gasteiger partial charge in [-0.3, -0.25) is 10.1 Å². The molecule has 1 heterocycles. The van der Waals surface area contributed by atoms with Gasteiger partial charge in [0.05, 0.1) is 17.5 Å². The highest BCUT2D eigenvalue weighted by molar-refractivity contribution is 5.99. The van der Waals surface area contributed by atoms with Crippen LogP contribution in [0.3, 0.4) is 0 Å². The summed E-state index contributed by atoms with van der Waals surface area (Å²) in [4.78, 5) is 26.4. The highest BCUT2D eigenvalue weighted by atomic mass is 16.6. The Kier molecular flexibility index (Phi) is 3.72. The molecule has 0 bridgehead atoms. The predicted octanol–water partition coefficient (Wildman–Crippen LogP) is 3.60. The fourth-order valence-corrected chi connectivity index (χ4v) is 2.39. The molecular formula is C17H12N2O4. The first-order valence-corrected chi connectivity index (χ1v) is 6.83. The van der Waals surface area contributed by atoms with Crippen molar-refractivity contribution >= 4 is 22.6 Å². The summed E-state index contributed by atoms with van der Waals surface area (Å²) in [7, 11) is 1.30. The van der Waals surface area contributed by atoms with Gasteiger partial charge in [0.15, 0.2) is 0 Å². The lowest BCUT2D eigenvalue weighted by molar-refractivity contribution is -0.384. The lowest BCUT2D eigenvalue weighted by Crippen LogP contribution is -2.05. The van der Waals surface area contributed by atoms with E-state index in [1.165, 1.54) is 19.2 Å². The van der Waals surface area contributed by atoms with E-state index < -0.39 is 10.9 Å². The molecule has 0 saturated heterocycles. The first-order chi connectivity index (χ1) is 11.1. The number of hydrogen-bond donors (Lipinski definition) is 0. The van der Waals surface area contributed by atoms with Crippen LogP contribution < -0.4 is 0 Å². The van der Waals surface area contributed by atoms with Crippen LogP contribution in [0.25, 0.3) is 22.0 Å². The topological polar surface area (TPSA) is 82.3 Å². The number of para-hydroxylation sites is 1. The standard InChI is InChI=1S/C17H12N2O4/c1-23-17(20)16-10-14(13-4-2-3-5-15(13)18-16)11-6-8-12(9-7-11)19(21)22/h2-10H,1H3. The summed E-state index contributed by atoms with van der Waals surface area (Å²) in [5, 5.41) is 11.6. The number of nitro groups is 1. The van der Waals surface area contributed by atoms with E-state index in [-0.39, 0.29) is 11.4 Å². The Balaban J connectivity index is 2.22. The summed E-state index contributed by atoms with van der Waals surface area (Å²) in [6.45, 7) is 0. The minimum absolute atomic E-state index is 0.0142. The van der Waals surface area contributed by atoms with E-state index in [2.05, 4.69) is 4.98 Å². The smallest absolute Gasteiger partial charge is 0.356 e. The molecule has 0 fully saturated rings. The van der Waals surface area contributed by atoms with E-state index in [1.54, 1.807) is 24.3 Å². The Morgan fingerprint density at radius 1 is 1.13 bits per heavy atom. The fourth-order valence-electron chi connectivity index (χ4n) is 2.39. The zero-order chi connectivity index (χ0) is 16.4. The van der Waals surface area contributed by atoms with Gasteiger partial charge >= 0.3 is 5.97 Å². The molecule has 1 aromatic heterocycles. The van der Waals surface area contributed by atoms with Gasteiger partial charge < -0.3 is 4.74 Å². The van der Waals surface area contributed by atoms with Crippen molar-refractivity contribution in [3.05, 3.63) is 70.4 Å². The SMILES string of the molecule is COC(=O)c1cc(-c2ccc([N+](=O)[O-])cc2)c2ccccc2n1. The third-order valence-electron chi connectivity index (χ3n) is 3.50. The van der Waals surface area contributed by atoms with Crippen LogP contribution >= 0.6 is 0 Å². The fraction of sp³-hybridized carbons (Fsp3) is 0.0588. The van der Waals surface area contributed by atoms with E-state index in [9.17, 15) is 14.9 Å². The number of aromatic nitrogens is 1. The minimum atomic E-state index is -0.529. The third-order valence-corrected chi connectivity index (χ3v) is 3.50. The molecule has 0 saturated carbocycles. The number of pyridine rings is 1. The molecule has 3 rings (SSSR count). The molecule has 0 aliphatic heterocycles. The van der Waals surface area contributed by atoms with Gasteiger partial charge in [0.1, 0.15) is 5.69 Å². The lowest BCUT2D eigenvalue weighted by atomic mass is 10.00. The normalized spacial score (nSPS) is 10.5. The van der Waals surface area contributed by atoms with Crippen molar-refractivity contribution in [2.45, 2.75) is 0 Å². The number of benzene rings is 2. The summed E-state index contributed by atoms with van der Waals surface area (Å²) in [6.07, 6.45) is 0. The maximum absolute atomic E-state index is 11.8. The molecule has 0 aliphatic rings. The number of ether oxygens (including phenoxy) is 1. The molecular weight excluding hydrogens is 296 g/mol. The highest BCUT2D eigenvalue weighted by Crippen LogP contribution is 2.30. The van der Waals surface area contributed by atoms with Crippen LogP contribution in [-0.2, 0) is 4.74 Å². The molecule has 0 amide bonds. The number of hydrogen-bond acceptors (Lipinski definition) is 5. The number of methoxy groups -OCH3 is 1. The second kappa shape index (κ2) is 5.84. The molecule has 3 aromatic rings. The first-order valence-electron chi connectivity index (χ1n) is 6.83. The molecule has 2 aromatic carbocycles. The Hall–Kier alpha value is -3.28. The molecule has 6 heteroatoms. The largest absolute Gasteiger partial charge is 0.464 e. The van der Waals surface area contributed by atoms with Gasteiger partial charge in [-0.2, -0.15) is 0 Å². The van der Waals surface area contributed by atoms with Crippen LogP contribution in [0.1, 0.15) is 10.5 Å². The van der Waals surface area contributed by atoms with E-state index in [0.29, 0.717) is 5.52 Å². The number of fused-ring (bicyclic) bond motifs is 1. The van der Waals surface area contributed by atoms with Crippen molar-refractivity contribution in [1.29, 1.82) is 0 Å². The maximum Gasteiger partial charge on any atom is 0.356 e. The van der Waals surface area contributed by atoms with Crippen molar-refractivity contribution in [3.63, 3.8) is 0 Å². The molecule has 114 valence electrons. The predicted molar refractivity (Wildman–Crippen MR) is 85.2 cm³/mol. The third kappa shape index (κ3) is 2.74. The van der Waals surface area contributed by atoms with Crippen molar-refractivity contribution in [2.75, 3.05) is 7.11 Å². The molecule has 0 unspecified atom stereocenters. The monoisotopic (exact) mass is 308 g/mol. The average Bonchev–Trinajstić information content (AvgIpc) is 2.60. The Morgan fingerprint density at radius 3 is 2.48 bits per heavy atom. The van der Waals surface area contributed by atoms with E-state index in [0.717, 1.165) is 16.5 Å². The van der Waals surface area contributed by atoms with Crippen molar-refractivity contribution in [2.24, 2.45) is 0 Å². The molecule has 0 aliphatic carbocycles. The van der Waals surface area contributed by atoms with E-state index in [1.807, 2.05) is 18.2 Å². The molecule has 0 spiro atoms. The van der Waals surface area contributed by atoms with Gasteiger partial charge in [0, 0.05) is 17.5 Å². The summed E-state index contributed by atoms with van der Waals surface area (Å²) >= 11 is 0. The Bertz CT molecular complexity index is 904. The summed E-state index contributed by atoms with van der Waals surface area (Å²) in [5.41, 5.74) is 2.40. The molecule has 6 nitrogen and oxygen atoms in total. The molecule has 0 atom stereocenters. The number of rotatable bonds is 3. The average molecular weight is 308 g/mol. The van der Waals surface area contributed by atoms with Crippen LogP contribution in [-0.4, -0.2) is 23.0 Å². The van der Waals surface area contributed by atoms with E-state index in [4.69, 9.17) is 4.74 Å². The summed E-state index contributed by atoms with van der Waals surface area (Å²) < 4.78 is 4.74. The number of carbonyl (C=O) groups is 1. The van der Waals surface area contributed by atoms with Gasteiger partial charge in [-0.15, -0.1) is 0 Å². The van der Waals surface area contributed by atoms with Crippen LogP contribution in [0, 0.1) is 10.1 Å². The van der Waals surface area contributed by atoms with Crippen LogP contribution in [0.5, 0.6) is 0 Å². The first kappa shape index (κ1) is 14.6. The second-order valence-electron chi connectivity index (χ2n) is 4.87. The maximum atomic E-state index is 11.8. The van der Waals surface area contributed by atoms with Crippen molar-refractivity contribution < 1.29 is 14.5 Å². The number of esters is 1. The Morgan fingerprint density at radius 2 is 1.83 bits per heavy atom. The zero-order valence-electron chi connectivity index (χ0n) is 12.2. The van der Waals surface area contributed by atoms with Gasteiger partial charge in [-0.25, -0.2) is 9.78 Å². The highest BCUT2D eigenvalue weighted by Gasteiger charge is 2.14. The van der Waals surface area contributed by atoms with Gasteiger partial charge in [-0.1, -0.05) is 18.2 Å². The summed E-state index contributed by atoms with van der Waals surface area (Å²) in [6, 6.07) is 15.2. The quantitative estimate of drug-likeness (QED) is 0.419. The number of nitro benzene ring substituents is 1. The minimum Gasteiger partial charge on any atom is -0.464 e. The molecule has 23 heavy (non-hydrogen) atoms. The summed E-state index contributed by atoms with van der Waals surface area (Å²) in [5.74, 6) is -0.529. The van der Waals surface area contributed by atoms with Gasteiger partial charge in [0.25, 0.3) is 5.69 Å². The molecule has 0 radical (unpaired) electrons. The van der Waals surface area contributed by atoms with Gasteiger partial charge in [-0.05, 0) is 35.4 Å². The van der Waals surface area contributed by atoms with Crippen molar-refractivity contribution in [1.82, 2.24) is 4.98 Å². The van der Waals surface area contributed by atoms with Gasteiger partial charge in [0.2, 0.25) is 0 Å². The second-order valence-corrected chi connectivity index (χ2v) is 4.87.